The minimum Gasteiger partial charge on any atom is -0.327 e. The summed E-state index contributed by atoms with van der Waals surface area (Å²) in [5.74, 6) is 0. The molecule has 100 valence electrons. The van der Waals surface area contributed by atoms with E-state index in [1.165, 1.54) is 0 Å². The van der Waals surface area contributed by atoms with E-state index in [1.54, 1.807) is 11.8 Å². The smallest absolute Gasteiger partial charge is 0.0493 e. The molecule has 0 bridgehead atoms. The average Bonchev–Trinajstić information content (AvgIpc) is 2.37. The Bertz CT molecular complexity index is 540. The maximum absolute atomic E-state index is 6.11. The van der Waals surface area contributed by atoms with Gasteiger partial charge >= 0.3 is 0 Å². The van der Waals surface area contributed by atoms with E-state index in [1.807, 2.05) is 49.4 Å². The molecule has 0 spiro atoms. The molecule has 0 aromatic heterocycles. The minimum atomic E-state index is 0.0270. The summed E-state index contributed by atoms with van der Waals surface area (Å²) in [6.45, 7) is 2.01. The molecule has 0 fully saturated rings. The monoisotopic (exact) mass is 311 g/mol. The van der Waals surface area contributed by atoms with E-state index < -0.39 is 0 Å². The molecule has 2 aromatic carbocycles. The molecule has 2 aromatic rings. The average molecular weight is 312 g/mol. The van der Waals surface area contributed by atoms with Crippen LogP contribution in [0.5, 0.6) is 0 Å². The van der Waals surface area contributed by atoms with Crippen molar-refractivity contribution in [1.29, 1.82) is 0 Å². The van der Waals surface area contributed by atoms with Crippen molar-refractivity contribution in [1.82, 2.24) is 0 Å². The highest BCUT2D eigenvalue weighted by Gasteiger charge is 2.18. The molecule has 2 N–H and O–H groups in total. The van der Waals surface area contributed by atoms with Gasteiger partial charge in [0.05, 0.1) is 0 Å². The first-order chi connectivity index (χ1) is 9.06. The molecule has 0 amide bonds. The predicted molar refractivity (Wildman–Crippen MR) is 85.2 cm³/mol. The lowest BCUT2D eigenvalue weighted by atomic mass is 10.1. The van der Waals surface area contributed by atoms with Gasteiger partial charge in [0.15, 0.2) is 0 Å². The Balaban J connectivity index is 2.23. The molecular formula is C15H15Cl2NS. The van der Waals surface area contributed by atoms with Crippen LogP contribution in [0.4, 0.5) is 0 Å². The van der Waals surface area contributed by atoms with Crippen molar-refractivity contribution in [3.05, 3.63) is 64.1 Å². The van der Waals surface area contributed by atoms with Gasteiger partial charge in [0.1, 0.15) is 0 Å². The number of benzene rings is 2. The summed E-state index contributed by atoms with van der Waals surface area (Å²) in [4.78, 5) is 1.15. The van der Waals surface area contributed by atoms with Crippen molar-refractivity contribution >= 4 is 35.0 Å². The largest absolute Gasteiger partial charge is 0.327 e. The highest BCUT2D eigenvalue weighted by molar-refractivity contribution is 7.99. The van der Waals surface area contributed by atoms with E-state index in [0.29, 0.717) is 0 Å². The van der Waals surface area contributed by atoms with Crippen molar-refractivity contribution in [3.63, 3.8) is 0 Å². The van der Waals surface area contributed by atoms with Gasteiger partial charge in [-0.25, -0.2) is 0 Å². The third kappa shape index (κ3) is 4.15. The van der Waals surface area contributed by atoms with Crippen molar-refractivity contribution < 1.29 is 0 Å². The number of thioether (sulfide) groups is 1. The van der Waals surface area contributed by atoms with Gasteiger partial charge in [0.2, 0.25) is 0 Å². The number of halogens is 2. The van der Waals surface area contributed by atoms with Crippen LogP contribution in [-0.4, -0.2) is 6.04 Å². The van der Waals surface area contributed by atoms with Crippen LogP contribution in [0.1, 0.15) is 17.7 Å². The molecule has 1 nitrogen and oxygen atoms in total. The Kier molecular flexibility index (Phi) is 5.17. The topological polar surface area (TPSA) is 26.0 Å². The maximum atomic E-state index is 6.11. The Labute approximate surface area is 128 Å². The lowest BCUT2D eigenvalue weighted by molar-refractivity contribution is 0.721. The second-order valence-electron chi connectivity index (χ2n) is 4.41. The van der Waals surface area contributed by atoms with Crippen LogP contribution in [0.25, 0.3) is 0 Å². The van der Waals surface area contributed by atoms with E-state index in [9.17, 15) is 0 Å². The first-order valence-corrected chi connectivity index (χ1v) is 7.63. The minimum absolute atomic E-state index is 0.0270. The standard InChI is InChI=1S/C15H15Cl2NS/c1-10(18)15(11-3-2-4-13(17)9-11)19-14-7-5-12(16)6-8-14/h2-10,15H,18H2,1H3. The van der Waals surface area contributed by atoms with Gasteiger partial charge in [-0.15, -0.1) is 11.8 Å². The molecule has 0 heterocycles. The molecule has 0 aliphatic heterocycles. The Morgan fingerprint density at radius 2 is 1.68 bits per heavy atom. The Morgan fingerprint density at radius 1 is 1.00 bits per heavy atom. The zero-order valence-electron chi connectivity index (χ0n) is 10.5. The molecule has 0 aliphatic carbocycles. The van der Waals surface area contributed by atoms with E-state index >= 15 is 0 Å². The predicted octanol–water partition coefficient (Wildman–Crippen LogP) is 5.17. The van der Waals surface area contributed by atoms with Gasteiger partial charge in [-0.3, -0.25) is 0 Å². The summed E-state index contributed by atoms with van der Waals surface area (Å²) in [5, 5.41) is 1.64. The molecule has 0 saturated carbocycles. The zero-order valence-corrected chi connectivity index (χ0v) is 12.8. The Morgan fingerprint density at radius 3 is 2.26 bits per heavy atom. The highest BCUT2D eigenvalue weighted by Crippen LogP contribution is 2.38. The van der Waals surface area contributed by atoms with Gasteiger partial charge in [-0.2, -0.15) is 0 Å². The normalized spacial score (nSPS) is 14.1. The fourth-order valence-electron chi connectivity index (χ4n) is 1.82. The van der Waals surface area contributed by atoms with Crippen LogP contribution in [-0.2, 0) is 0 Å². The number of hydrogen-bond donors (Lipinski definition) is 1. The number of hydrogen-bond acceptors (Lipinski definition) is 2. The van der Waals surface area contributed by atoms with Crippen molar-refractivity contribution in [2.75, 3.05) is 0 Å². The summed E-state index contributed by atoms with van der Waals surface area (Å²) in [6, 6.07) is 15.7. The number of nitrogens with two attached hydrogens (primary N) is 1. The van der Waals surface area contributed by atoms with Crippen molar-refractivity contribution in [2.24, 2.45) is 5.73 Å². The van der Waals surface area contributed by atoms with E-state index in [0.717, 1.165) is 20.5 Å². The second-order valence-corrected chi connectivity index (χ2v) is 6.49. The molecule has 2 unspecified atom stereocenters. The quantitative estimate of drug-likeness (QED) is 0.788. The van der Waals surface area contributed by atoms with Gasteiger partial charge in [0, 0.05) is 26.2 Å². The second kappa shape index (κ2) is 6.67. The highest BCUT2D eigenvalue weighted by atomic mass is 35.5. The third-order valence-corrected chi connectivity index (χ3v) is 4.72. The molecule has 4 heteroatoms. The molecule has 19 heavy (non-hydrogen) atoms. The molecule has 2 atom stereocenters. The zero-order chi connectivity index (χ0) is 13.8. The molecular weight excluding hydrogens is 297 g/mol. The first kappa shape index (κ1) is 14.7. The van der Waals surface area contributed by atoms with Crippen molar-refractivity contribution in [3.8, 4) is 0 Å². The van der Waals surface area contributed by atoms with Crippen LogP contribution in [0.3, 0.4) is 0 Å². The van der Waals surface area contributed by atoms with E-state index in [-0.39, 0.29) is 11.3 Å². The van der Waals surface area contributed by atoms with Gasteiger partial charge < -0.3 is 5.73 Å². The fourth-order valence-corrected chi connectivity index (χ4v) is 3.23. The molecule has 0 saturated heterocycles. The van der Waals surface area contributed by atoms with Crippen LogP contribution >= 0.6 is 35.0 Å². The van der Waals surface area contributed by atoms with Crippen molar-refractivity contribution in [2.45, 2.75) is 23.1 Å². The number of rotatable bonds is 4. The molecule has 0 radical (unpaired) electrons. The summed E-state index contributed by atoms with van der Waals surface area (Å²) < 4.78 is 0. The van der Waals surface area contributed by atoms with E-state index in [4.69, 9.17) is 28.9 Å². The van der Waals surface area contributed by atoms with Gasteiger partial charge in [-0.05, 0) is 48.9 Å². The van der Waals surface area contributed by atoms with E-state index in [2.05, 4.69) is 6.07 Å². The SMILES string of the molecule is CC(N)C(Sc1ccc(Cl)cc1)c1cccc(Cl)c1. The maximum Gasteiger partial charge on any atom is 0.0493 e. The Hall–Kier alpha value is -0.670. The summed E-state index contributed by atoms with van der Waals surface area (Å²) >= 11 is 13.7. The van der Waals surface area contributed by atoms with Gasteiger partial charge in [-0.1, -0.05) is 35.3 Å². The molecule has 2 rings (SSSR count). The lowest BCUT2D eigenvalue weighted by Gasteiger charge is -2.21. The first-order valence-electron chi connectivity index (χ1n) is 5.99. The van der Waals surface area contributed by atoms with Crippen LogP contribution in [0.2, 0.25) is 10.0 Å². The van der Waals surface area contributed by atoms with Crippen LogP contribution < -0.4 is 5.73 Å². The van der Waals surface area contributed by atoms with Gasteiger partial charge in [0.25, 0.3) is 0 Å². The summed E-state index contributed by atoms with van der Waals surface area (Å²) in [6.07, 6.45) is 0. The van der Waals surface area contributed by atoms with Crippen LogP contribution in [0.15, 0.2) is 53.4 Å². The molecule has 0 aliphatic rings. The summed E-state index contributed by atoms with van der Waals surface area (Å²) in [7, 11) is 0. The van der Waals surface area contributed by atoms with Crippen LogP contribution in [0, 0.1) is 0 Å². The fraction of sp³-hybridized carbons (Fsp3) is 0.200. The summed E-state index contributed by atoms with van der Waals surface area (Å²) in [5.41, 5.74) is 7.25. The third-order valence-electron chi connectivity index (χ3n) is 2.73. The lowest BCUT2D eigenvalue weighted by Crippen LogP contribution is -2.22.